The van der Waals surface area contributed by atoms with E-state index in [1.54, 1.807) is 18.3 Å². The molecule has 5 heteroatoms. The van der Waals surface area contributed by atoms with E-state index >= 15 is 0 Å². The maximum Gasteiger partial charge on any atom is 0.269 e. The molecule has 0 N–H and O–H groups in total. The van der Waals surface area contributed by atoms with Crippen LogP contribution in [0.3, 0.4) is 0 Å². The lowest BCUT2D eigenvalue weighted by Gasteiger charge is -2.34. The largest absolute Gasteiger partial charge is 0.269 e. The quantitative estimate of drug-likeness (QED) is 0.476. The molecule has 0 unspecified atom stereocenters. The number of non-ortho nitro benzene ring substituents is 1. The molecule has 2 aliphatic carbocycles. The summed E-state index contributed by atoms with van der Waals surface area (Å²) in [6.45, 7) is 6.99. The number of benzene rings is 1. The molecule has 2 aliphatic rings. The summed E-state index contributed by atoms with van der Waals surface area (Å²) in [6, 6.07) is 6.34. The van der Waals surface area contributed by atoms with Crippen LogP contribution in [0.1, 0.15) is 45.6 Å². The van der Waals surface area contributed by atoms with E-state index in [-0.39, 0.29) is 11.1 Å². The number of hydrogen-bond donors (Lipinski definition) is 0. The van der Waals surface area contributed by atoms with Crippen molar-refractivity contribution >= 4 is 17.6 Å². The fourth-order valence-electron chi connectivity index (χ4n) is 3.93. The van der Waals surface area contributed by atoms with E-state index in [9.17, 15) is 10.1 Å². The third-order valence-electron chi connectivity index (χ3n) is 6.00. The van der Waals surface area contributed by atoms with Gasteiger partial charge in [-0.1, -0.05) is 20.8 Å². The van der Waals surface area contributed by atoms with Crippen molar-refractivity contribution in [1.29, 1.82) is 0 Å². The normalized spacial score (nSPS) is 31.2. The Morgan fingerprint density at radius 3 is 2.45 bits per heavy atom. The van der Waals surface area contributed by atoms with Crippen LogP contribution in [0.5, 0.6) is 0 Å². The predicted molar refractivity (Wildman–Crippen MR) is 87.4 cm³/mol. The Morgan fingerprint density at radius 1 is 1.27 bits per heavy atom. The lowest BCUT2D eigenvalue weighted by Crippen LogP contribution is -2.32. The third-order valence-corrected chi connectivity index (χ3v) is 6.00. The molecule has 0 aliphatic heterocycles. The highest BCUT2D eigenvalue weighted by molar-refractivity contribution is 5.94. The molecule has 0 amide bonds. The molecule has 2 bridgehead atoms. The van der Waals surface area contributed by atoms with Crippen molar-refractivity contribution in [1.82, 2.24) is 0 Å². The molecular weight excluding hydrogens is 278 g/mol. The first kappa shape index (κ1) is 14.9. The van der Waals surface area contributed by atoms with Gasteiger partial charge in [-0.2, -0.15) is 10.2 Å². The van der Waals surface area contributed by atoms with E-state index in [0.717, 1.165) is 12.0 Å². The van der Waals surface area contributed by atoms with Gasteiger partial charge in [-0.25, -0.2) is 0 Å². The van der Waals surface area contributed by atoms with E-state index < -0.39 is 4.92 Å². The first-order valence-electron chi connectivity index (χ1n) is 7.69. The van der Waals surface area contributed by atoms with Gasteiger partial charge in [0.1, 0.15) is 0 Å². The van der Waals surface area contributed by atoms with Gasteiger partial charge in [0, 0.05) is 23.3 Å². The van der Waals surface area contributed by atoms with Gasteiger partial charge in [0.15, 0.2) is 0 Å². The van der Waals surface area contributed by atoms with Gasteiger partial charge >= 0.3 is 0 Å². The summed E-state index contributed by atoms with van der Waals surface area (Å²) in [5.41, 5.74) is 2.57. The van der Waals surface area contributed by atoms with Gasteiger partial charge in [0.25, 0.3) is 5.69 Å². The summed E-state index contributed by atoms with van der Waals surface area (Å²) in [5.74, 6) is 0.714. The van der Waals surface area contributed by atoms with E-state index in [1.165, 1.54) is 30.7 Å². The third kappa shape index (κ3) is 2.16. The fraction of sp³-hybridized carbons (Fsp3) is 0.529. The molecule has 0 radical (unpaired) electrons. The fourth-order valence-corrected chi connectivity index (χ4v) is 3.93. The van der Waals surface area contributed by atoms with Crippen LogP contribution >= 0.6 is 0 Å². The molecule has 1 aromatic rings. The van der Waals surface area contributed by atoms with Crippen LogP contribution in [0.15, 0.2) is 34.5 Å². The SMILES string of the molecule is CC1(C)[C@@H]2CC[C@]1(C)/C(=N/N=C\c1ccc([N+](=O)[O-])cc1)C2. The molecule has 2 fully saturated rings. The van der Waals surface area contributed by atoms with Gasteiger partial charge in [0.2, 0.25) is 0 Å². The molecule has 2 atom stereocenters. The highest BCUT2D eigenvalue weighted by Gasteiger charge is 2.59. The summed E-state index contributed by atoms with van der Waals surface area (Å²) < 4.78 is 0. The van der Waals surface area contributed by atoms with Gasteiger partial charge < -0.3 is 0 Å². The Balaban J connectivity index is 1.76. The Labute approximate surface area is 130 Å². The summed E-state index contributed by atoms with van der Waals surface area (Å²) in [4.78, 5) is 10.2. The van der Waals surface area contributed by atoms with E-state index in [1.807, 2.05) is 0 Å². The lowest BCUT2D eigenvalue weighted by molar-refractivity contribution is -0.384. The highest BCUT2D eigenvalue weighted by Crippen LogP contribution is 2.63. The van der Waals surface area contributed by atoms with Crippen molar-refractivity contribution in [2.24, 2.45) is 27.0 Å². The van der Waals surface area contributed by atoms with Gasteiger partial charge in [0.05, 0.1) is 11.1 Å². The van der Waals surface area contributed by atoms with E-state index in [2.05, 4.69) is 31.0 Å². The van der Waals surface area contributed by atoms with Crippen LogP contribution in [0.2, 0.25) is 0 Å². The molecule has 5 nitrogen and oxygen atoms in total. The number of hydrogen-bond acceptors (Lipinski definition) is 4. The van der Waals surface area contributed by atoms with Crippen molar-refractivity contribution in [3.05, 3.63) is 39.9 Å². The second-order valence-electron chi connectivity index (χ2n) is 7.13. The Morgan fingerprint density at radius 2 is 1.95 bits per heavy atom. The van der Waals surface area contributed by atoms with Crippen LogP contribution in [0.25, 0.3) is 0 Å². The Kier molecular flexibility index (Phi) is 3.38. The zero-order valence-corrected chi connectivity index (χ0v) is 13.2. The number of nitro groups is 1. The average molecular weight is 299 g/mol. The van der Waals surface area contributed by atoms with Gasteiger partial charge in [-0.05, 0) is 48.3 Å². The number of rotatable bonds is 3. The molecule has 0 aromatic heterocycles. The maximum absolute atomic E-state index is 10.6. The molecule has 0 spiro atoms. The van der Waals surface area contributed by atoms with Crippen LogP contribution in [0.4, 0.5) is 5.69 Å². The molecule has 22 heavy (non-hydrogen) atoms. The van der Waals surface area contributed by atoms with Gasteiger partial charge in [-0.3, -0.25) is 10.1 Å². The Bertz CT molecular complexity index is 661. The predicted octanol–water partition coefficient (Wildman–Crippen LogP) is 4.22. The van der Waals surface area contributed by atoms with E-state index in [4.69, 9.17) is 0 Å². The second-order valence-corrected chi connectivity index (χ2v) is 7.13. The molecule has 1 aromatic carbocycles. The molecule has 2 saturated carbocycles. The van der Waals surface area contributed by atoms with Crippen molar-refractivity contribution in [2.45, 2.75) is 40.0 Å². The maximum atomic E-state index is 10.6. The Hall–Kier alpha value is -2.04. The average Bonchev–Trinajstić information content (AvgIpc) is 2.81. The van der Waals surface area contributed by atoms with Crippen molar-refractivity contribution in [3.63, 3.8) is 0 Å². The molecule has 0 heterocycles. The molecule has 0 saturated heterocycles. The topological polar surface area (TPSA) is 67.9 Å². The van der Waals surface area contributed by atoms with Crippen molar-refractivity contribution in [3.8, 4) is 0 Å². The lowest BCUT2D eigenvalue weighted by atomic mass is 9.70. The smallest absolute Gasteiger partial charge is 0.258 e. The van der Waals surface area contributed by atoms with Gasteiger partial charge in [-0.15, -0.1) is 0 Å². The zero-order valence-electron chi connectivity index (χ0n) is 13.2. The minimum atomic E-state index is -0.403. The minimum absolute atomic E-state index is 0.0887. The number of nitro benzene ring substituents is 1. The number of fused-ring (bicyclic) bond motifs is 2. The van der Waals surface area contributed by atoms with Crippen molar-refractivity contribution < 1.29 is 4.92 Å². The van der Waals surface area contributed by atoms with Crippen LogP contribution in [0, 0.1) is 26.9 Å². The number of nitrogens with zero attached hydrogens (tertiary/aromatic N) is 3. The zero-order chi connectivity index (χ0) is 16.0. The summed E-state index contributed by atoms with van der Waals surface area (Å²) in [5, 5.41) is 19.3. The monoisotopic (exact) mass is 299 g/mol. The summed E-state index contributed by atoms with van der Waals surface area (Å²) in [6.07, 6.45) is 5.19. The minimum Gasteiger partial charge on any atom is -0.258 e. The molecular formula is C17H21N3O2. The second kappa shape index (κ2) is 5.00. The van der Waals surface area contributed by atoms with Crippen molar-refractivity contribution in [2.75, 3.05) is 0 Å². The first-order chi connectivity index (χ1) is 10.3. The van der Waals surface area contributed by atoms with Crippen LogP contribution < -0.4 is 0 Å². The standard InChI is InChI=1S/C17H21N3O2/c1-16(2)13-8-9-17(16,3)15(10-13)19-18-11-12-4-6-14(7-5-12)20(21)22/h4-7,11,13H,8-10H2,1-3H3/b18-11-,19-15+/t13-,17-/m1/s1. The van der Waals surface area contributed by atoms with Crippen LogP contribution in [-0.2, 0) is 0 Å². The van der Waals surface area contributed by atoms with Crippen LogP contribution in [-0.4, -0.2) is 16.8 Å². The first-order valence-corrected chi connectivity index (χ1v) is 7.69. The molecule has 116 valence electrons. The summed E-state index contributed by atoms with van der Waals surface area (Å²) in [7, 11) is 0. The molecule has 3 rings (SSSR count). The van der Waals surface area contributed by atoms with E-state index in [0.29, 0.717) is 11.3 Å². The summed E-state index contributed by atoms with van der Waals surface area (Å²) >= 11 is 0. The highest BCUT2D eigenvalue weighted by atomic mass is 16.6.